The highest BCUT2D eigenvalue weighted by atomic mass is 16.6. The Kier molecular flexibility index (Phi) is 3.66. The van der Waals surface area contributed by atoms with Crippen molar-refractivity contribution in [3.8, 4) is 5.75 Å². The molecule has 0 unspecified atom stereocenters. The van der Waals surface area contributed by atoms with E-state index in [1.54, 1.807) is 7.11 Å². The van der Waals surface area contributed by atoms with Crippen LogP contribution in [0.3, 0.4) is 0 Å². The Morgan fingerprint density at radius 3 is 2.90 bits per heavy atom. The molecule has 2 fully saturated rings. The number of fused-ring (bicyclic) bond motifs is 2. The van der Waals surface area contributed by atoms with Crippen molar-refractivity contribution in [2.75, 3.05) is 7.11 Å². The summed E-state index contributed by atoms with van der Waals surface area (Å²) in [4.78, 5) is 12.2. The van der Waals surface area contributed by atoms with Crippen molar-refractivity contribution in [1.29, 1.82) is 0 Å². The molecule has 4 atom stereocenters. The van der Waals surface area contributed by atoms with Gasteiger partial charge in [-0.3, -0.25) is 4.79 Å². The summed E-state index contributed by atoms with van der Waals surface area (Å²) in [5.41, 5.74) is 0.946. The van der Waals surface area contributed by atoms with Crippen LogP contribution in [-0.4, -0.2) is 25.3 Å². The van der Waals surface area contributed by atoms with Crippen molar-refractivity contribution < 1.29 is 19.0 Å². The number of rotatable bonds is 4. The number of hydrogen-bond acceptors (Lipinski definition) is 4. The zero-order chi connectivity index (χ0) is 14.1. The van der Waals surface area contributed by atoms with Crippen LogP contribution < -0.4 is 4.74 Å². The first kappa shape index (κ1) is 13.4. The van der Waals surface area contributed by atoms with E-state index in [1.165, 1.54) is 0 Å². The van der Waals surface area contributed by atoms with E-state index < -0.39 is 0 Å². The van der Waals surface area contributed by atoms with Gasteiger partial charge in [-0.2, -0.15) is 0 Å². The Bertz CT molecular complexity index is 499. The molecule has 4 heteroatoms. The molecular weight excluding hydrogens is 256 g/mol. The molecule has 4 nitrogen and oxygen atoms in total. The van der Waals surface area contributed by atoms with Gasteiger partial charge in [0, 0.05) is 0 Å². The lowest BCUT2D eigenvalue weighted by atomic mass is 9.89. The molecule has 1 aromatic rings. The van der Waals surface area contributed by atoms with Gasteiger partial charge in [0.2, 0.25) is 0 Å². The molecule has 3 rings (SSSR count). The van der Waals surface area contributed by atoms with Crippen LogP contribution in [0.2, 0.25) is 0 Å². The first-order chi connectivity index (χ1) is 9.67. The van der Waals surface area contributed by atoms with Gasteiger partial charge < -0.3 is 14.2 Å². The van der Waals surface area contributed by atoms with E-state index >= 15 is 0 Å². The van der Waals surface area contributed by atoms with E-state index in [1.807, 2.05) is 31.2 Å². The molecule has 0 N–H and O–H groups in total. The van der Waals surface area contributed by atoms with Crippen molar-refractivity contribution >= 4 is 5.97 Å². The van der Waals surface area contributed by atoms with Crippen LogP contribution in [-0.2, 0) is 14.3 Å². The van der Waals surface area contributed by atoms with E-state index in [2.05, 4.69) is 0 Å². The van der Waals surface area contributed by atoms with E-state index in [0.29, 0.717) is 0 Å². The molecule has 2 bridgehead atoms. The van der Waals surface area contributed by atoms with Gasteiger partial charge in [0.15, 0.2) is 0 Å². The normalized spacial score (nSPS) is 29.2. The lowest BCUT2D eigenvalue weighted by molar-refractivity contribution is -0.155. The van der Waals surface area contributed by atoms with Gasteiger partial charge in [0.25, 0.3) is 0 Å². The fraction of sp³-hybridized carbons (Fsp3) is 0.562. The molecule has 0 radical (unpaired) electrons. The van der Waals surface area contributed by atoms with E-state index in [-0.39, 0.29) is 30.2 Å². The van der Waals surface area contributed by atoms with Crippen LogP contribution in [0.25, 0.3) is 0 Å². The van der Waals surface area contributed by atoms with Crippen LogP contribution in [0.4, 0.5) is 0 Å². The lowest BCUT2D eigenvalue weighted by Crippen LogP contribution is -2.27. The van der Waals surface area contributed by atoms with Gasteiger partial charge in [0.1, 0.15) is 11.9 Å². The number of esters is 1. The monoisotopic (exact) mass is 276 g/mol. The second kappa shape index (κ2) is 5.44. The second-order valence-electron chi connectivity index (χ2n) is 5.57. The molecular formula is C16H20O4. The maximum Gasteiger partial charge on any atom is 0.312 e. The minimum Gasteiger partial charge on any atom is -0.497 e. The quantitative estimate of drug-likeness (QED) is 0.793. The van der Waals surface area contributed by atoms with Crippen LogP contribution in [0.1, 0.15) is 37.9 Å². The highest BCUT2D eigenvalue weighted by Crippen LogP contribution is 2.40. The molecule has 0 spiro atoms. The van der Waals surface area contributed by atoms with Crippen LogP contribution in [0.15, 0.2) is 24.3 Å². The zero-order valence-corrected chi connectivity index (χ0v) is 11.9. The lowest BCUT2D eigenvalue weighted by Gasteiger charge is -2.20. The van der Waals surface area contributed by atoms with Crippen molar-refractivity contribution in [2.24, 2.45) is 5.92 Å². The van der Waals surface area contributed by atoms with Crippen molar-refractivity contribution in [1.82, 2.24) is 0 Å². The third-order valence-corrected chi connectivity index (χ3v) is 4.26. The number of carbonyl (C=O) groups excluding carboxylic acids is 1. The maximum atomic E-state index is 12.2. The van der Waals surface area contributed by atoms with Crippen molar-refractivity contribution in [3.05, 3.63) is 29.8 Å². The molecule has 2 aliphatic heterocycles. The smallest absolute Gasteiger partial charge is 0.312 e. The number of benzene rings is 1. The van der Waals surface area contributed by atoms with E-state index in [0.717, 1.165) is 30.6 Å². The predicted octanol–water partition coefficient (Wildman–Crippen LogP) is 2.87. The number of hydrogen-bond donors (Lipinski definition) is 0. The predicted molar refractivity (Wildman–Crippen MR) is 73.5 cm³/mol. The molecule has 2 heterocycles. The van der Waals surface area contributed by atoms with Gasteiger partial charge in [-0.15, -0.1) is 0 Å². The highest BCUT2D eigenvalue weighted by molar-refractivity contribution is 5.74. The van der Waals surface area contributed by atoms with Gasteiger partial charge in [-0.1, -0.05) is 12.1 Å². The SMILES string of the molecule is COc1cccc([C@@H](C)OC(=O)[C@@H]2C[C@H]3CC[C@H]2O3)c1. The summed E-state index contributed by atoms with van der Waals surface area (Å²) in [7, 11) is 1.63. The molecule has 0 saturated carbocycles. The van der Waals surface area contributed by atoms with Crippen LogP contribution in [0.5, 0.6) is 5.75 Å². The van der Waals surface area contributed by atoms with E-state index in [9.17, 15) is 4.79 Å². The highest BCUT2D eigenvalue weighted by Gasteiger charge is 2.45. The molecule has 0 aromatic heterocycles. The van der Waals surface area contributed by atoms with E-state index in [4.69, 9.17) is 14.2 Å². The molecule has 2 aliphatic rings. The first-order valence-corrected chi connectivity index (χ1v) is 7.17. The topological polar surface area (TPSA) is 44.8 Å². The van der Waals surface area contributed by atoms with Crippen molar-refractivity contribution in [2.45, 2.75) is 44.5 Å². The Labute approximate surface area is 119 Å². The molecule has 0 amide bonds. The van der Waals surface area contributed by atoms with Crippen LogP contribution in [0, 0.1) is 5.92 Å². The Hall–Kier alpha value is -1.55. The molecule has 20 heavy (non-hydrogen) atoms. The second-order valence-corrected chi connectivity index (χ2v) is 5.57. The van der Waals surface area contributed by atoms with Gasteiger partial charge in [0.05, 0.1) is 25.2 Å². The van der Waals surface area contributed by atoms with Gasteiger partial charge in [-0.25, -0.2) is 0 Å². The summed E-state index contributed by atoms with van der Waals surface area (Å²) >= 11 is 0. The maximum absolute atomic E-state index is 12.2. The average Bonchev–Trinajstić information content (AvgIpc) is 3.10. The number of ether oxygens (including phenoxy) is 3. The van der Waals surface area contributed by atoms with Crippen molar-refractivity contribution in [3.63, 3.8) is 0 Å². The fourth-order valence-electron chi connectivity index (χ4n) is 3.11. The summed E-state index contributed by atoms with van der Waals surface area (Å²) < 4.78 is 16.5. The van der Waals surface area contributed by atoms with Crippen LogP contribution >= 0.6 is 0 Å². The average molecular weight is 276 g/mol. The zero-order valence-electron chi connectivity index (χ0n) is 11.9. The number of carbonyl (C=O) groups is 1. The molecule has 1 aromatic carbocycles. The fourth-order valence-corrected chi connectivity index (χ4v) is 3.11. The molecule has 2 saturated heterocycles. The first-order valence-electron chi connectivity index (χ1n) is 7.17. The molecule has 108 valence electrons. The molecule has 0 aliphatic carbocycles. The third kappa shape index (κ3) is 2.52. The minimum atomic E-state index is -0.267. The summed E-state index contributed by atoms with van der Waals surface area (Å²) in [5, 5.41) is 0. The summed E-state index contributed by atoms with van der Waals surface area (Å²) in [6.07, 6.45) is 2.96. The Morgan fingerprint density at radius 1 is 1.40 bits per heavy atom. The van der Waals surface area contributed by atoms with Gasteiger partial charge in [-0.05, 0) is 43.9 Å². The summed E-state index contributed by atoms with van der Waals surface area (Å²) in [6.45, 7) is 1.89. The Balaban J connectivity index is 1.63. The number of methoxy groups -OCH3 is 1. The summed E-state index contributed by atoms with van der Waals surface area (Å²) in [5.74, 6) is 0.558. The minimum absolute atomic E-state index is 0.0741. The Morgan fingerprint density at radius 2 is 2.25 bits per heavy atom. The third-order valence-electron chi connectivity index (χ3n) is 4.26. The summed E-state index contributed by atoms with van der Waals surface area (Å²) in [6, 6.07) is 7.62. The van der Waals surface area contributed by atoms with Gasteiger partial charge >= 0.3 is 5.97 Å². The largest absolute Gasteiger partial charge is 0.497 e. The standard InChI is InChI=1S/C16H20O4/c1-10(11-4-3-5-12(8-11)18-2)19-16(17)14-9-13-6-7-15(14)20-13/h3-5,8,10,13-15H,6-7,9H2,1-2H3/t10-,13-,14-,15-/m1/s1.